The molecule has 0 atom stereocenters. The molecule has 32 heavy (non-hydrogen) atoms. The largest absolute Gasteiger partial charge is 0.433 e. The molecule has 168 valence electrons. The van der Waals surface area contributed by atoms with Gasteiger partial charge in [-0.2, -0.15) is 13.2 Å². The molecule has 1 N–H and O–H groups in total. The molecule has 4 rings (SSSR count). The number of hydrogen-bond acceptors (Lipinski definition) is 8. The topological polar surface area (TPSA) is 96.8 Å². The Morgan fingerprint density at radius 2 is 1.88 bits per heavy atom. The van der Waals surface area contributed by atoms with Crippen LogP contribution in [-0.4, -0.2) is 50.0 Å². The normalized spacial score (nSPS) is 15.1. The van der Waals surface area contributed by atoms with Gasteiger partial charge in [-0.05, 0) is 31.4 Å². The van der Waals surface area contributed by atoms with Gasteiger partial charge in [0.25, 0.3) is 5.91 Å². The highest BCUT2D eigenvalue weighted by Crippen LogP contribution is 2.29. The molecule has 0 aliphatic carbocycles. The molecule has 1 aliphatic heterocycles. The van der Waals surface area contributed by atoms with Crippen LogP contribution in [0.5, 0.6) is 0 Å². The highest BCUT2D eigenvalue weighted by Gasteiger charge is 2.33. The van der Waals surface area contributed by atoms with Gasteiger partial charge in [0.05, 0.1) is 5.69 Å². The first-order chi connectivity index (χ1) is 15.3. The van der Waals surface area contributed by atoms with Crippen LogP contribution in [-0.2, 0) is 12.6 Å². The van der Waals surface area contributed by atoms with Crippen LogP contribution in [0.2, 0.25) is 0 Å². The molecule has 4 heterocycles. The molecule has 12 heteroatoms. The van der Waals surface area contributed by atoms with E-state index in [2.05, 4.69) is 30.2 Å². The molecule has 8 nitrogen and oxygen atoms in total. The average molecular weight is 463 g/mol. The number of alkyl halides is 3. The zero-order valence-electron chi connectivity index (χ0n) is 17.1. The standard InChI is InChI=1S/C20H20F3N7OS/c1-2-13-15(32-18(28-13)16-24-7-3-8-25-16)17(31)27-12-5-10-30(11-6-12)19-26-9-4-14(29-19)20(21,22)23/h3-4,7-9,12H,2,5-6,10-11H2,1H3,(H,27,31). The van der Waals surface area contributed by atoms with Crippen LogP contribution in [0, 0.1) is 0 Å². The van der Waals surface area contributed by atoms with Gasteiger partial charge in [0, 0.05) is 37.7 Å². The van der Waals surface area contributed by atoms with Crippen molar-refractivity contribution < 1.29 is 18.0 Å². The molecule has 0 radical (unpaired) electrons. The van der Waals surface area contributed by atoms with Crippen molar-refractivity contribution in [3.05, 3.63) is 47.0 Å². The minimum Gasteiger partial charge on any atom is -0.348 e. The van der Waals surface area contributed by atoms with Gasteiger partial charge in [0.2, 0.25) is 5.95 Å². The number of nitrogens with one attached hydrogen (secondary N) is 1. The number of carbonyl (C=O) groups excluding carboxylic acids is 1. The van der Waals surface area contributed by atoms with Crippen molar-refractivity contribution in [3.8, 4) is 10.8 Å². The molecule has 3 aromatic heterocycles. The van der Waals surface area contributed by atoms with Crippen LogP contribution in [0.25, 0.3) is 10.8 Å². The minimum atomic E-state index is -4.51. The van der Waals surface area contributed by atoms with E-state index in [1.54, 1.807) is 23.4 Å². The first-order valence-corrected chi connectivity index (χ1v) is 10.9. The van der Waals surface area contributed by atoms with Crippen molar-refractivity contribution >= 4 is 23.2 Å². The summed E-state index contributed by atoms with van der Waals surface area (Å²) in [6.07, 6.45) is 1.58. The number of anilines is 1. The van der Waals surface area contributed by atoms with Gasteiger partial charge in [-0.1, -0.05) is 6.92 Å². The first-order valence-electron chi connectivity index (χ1n) is 10.1. The Labute approximate surface area is 186 Å². The van der Waals surface area contributed by atoms with Crippen LogP contribution in [0.3, 0.4) is 0 Å². The summed E-state index contributed by atoms with van der Waals surface area (Å²) in [5.41, 5.74) is -0.279. The second-order valence-corrected chi connectivity index (χ2v) is 8.19. The van der Waals surface area contributed by atoms with Gasteiger partial charge in [-0.25, -0.2) is 24.9 Å². The van der Waals surface area contributed by atoms with E-state index in [1.807, 2.05) is 6.92 Å². The fourth-order valence-corrected chi connectivity index (χ4v) is 4.41. The lowest BCUT2D eigenvalue weighted by atomic mass is 10.1. The van der Waals surface area contributed by atoms with Crippen LogP contribution in [0.4, 0.5) is 19.1 Å². The predicted octanol–water partition coefficient (Wildman–Crippen LogP) is 3.37. The lowest BCUT2D eigenvalue weighted by molar-refractivity contribution is -0.141. The fraction of sp³-hybridized carbons (Fsp3) is 0.400. The molecule has 0 aromatic carbocycles. The number of rotatable bonds is 5. The molecule has 0 saturated carbocycles. The van der Waals surface area contributed by atoms with E-state index in [9.17, 15) is 18.0 Å². The van der Waals surface area contributed by atoms with Crippen molar-refractivity contribution in [2.45, 2.75) is 38.4 Å². The minimum absolute atomic E-state index is 0.0489. The Morgan fingerprint density at radius 1 is 1.16 bits per heavy atom. The van der Waals surface area contributed by atoms with E-state index in [0.29, 0.717) is 53.8 Å². The maximum atomic E-state index is 12.9. The summed E-state index contributed by atoms with van der Waals surface area (Å²) in [7, 11) is 0. The van der Waals surface area contributed by atoms with E-state index in [1.165, 1.54) is 11.3 Å². The Bertz CT molecular complexity index is 1080. The Balaban J connectivity index is 1.40. The molecule has 1 fully saturated rings. The number of thiazole rings is 1. The quantitative estimate of drug-likeness (QED) is 0.620. The summed E-state index contributed by atoms with van der Waals surface area (Å²) < 4.78 is 38.7. The summed E-state index contributed by atoms with van der Waals surface area (Å²) in [5.74, 6) is 0.309. The Morgan fingerprint density at radius 3 is 2.53 bits per heavy atom. The SMILES string of the molecule is CCc1nc(-c2ncccn2)sc1C(=O)NC1CCN(c2nccc(C(F)(F)F)n2)CC1. The second-order valence-electron chi connectivity index (χ2n) is 7.20. The smallest absolute Gasteiger partial charge is 0.348 e. The summed E-state index contributed by atoms with van der Waals surface area (Å²) >= 11 is 1.25. The molecular formula is C20H20F3N7OS. The molecule has 0 spiro atoms. The van der Waals surface area contributed by atoms with E-state index < -0.39 is 11.9 Å². The summed E-state index contributed by atoms with van der Waals surface area (Å²) in [4.78, 5) is 35.6. The van der Waals surface area contributed by atoms with Crippen molar-refractivity contribution in [2.24, 2.45) is 0 Å². The highest BCUT2D eigenvalue weighted by molar-refractivity contribution is 7.17. The molecule has 1 amide bonds. The summed E-state index contributed by atoms with van der Waals surface area (Å²) in [5, 5.41) is 3.61. The third-order valence-corrected chi connectivity index (χ3v) is 6.13. The van der Waals surface area contributed by atoms with Gasteiger partial charge in [0.15, 0.2) is 10.8 Å². The zero-order valence-corrected chi connectivity index (χ0v) is 17.9. The van der Waals surface area contributed by atoms with Gasteiger partial charge in [-0.3, -0.25) is 4.79 Å². The summed E-state index contributed by atoms with van der Waals surface area (Å²) in [6.45, 7) is 2.81. The predicted molar refractivity (Wildman–Crippen MR) is 112 cm³/mol. The molecule has 1 aliphatic rings. The number of piperidine rings is 1. The van der Waals surface area contributed by atoms with Crippen LogP contribution in [0.1, 0.15) is 40.8 Å². The van der Waals surface area contributed by atoms with E-state index in [-0.39, 0.29) is 17.9 Å². The lowest BCUT2D eigenvalue weighted by Crippen LogP contribution is -2.45. The summed E-state index contributed by atoms with van der Waals surface area (Å²) in [6, 6.07) is 2.46. The van der Waals surface area contributed by atoms with E-state index in [4.69, 9.17) is 0 Å². The van der Waals surface area contributed by atoms with Crippen LogP contribution < -0.4 is 10.2 Å². The molecule has 0 bridgehead atoms. The highest BCUT2D eigenvalue weighted by atomic mass is 32.1. The van der Waals surface area contributed by atoms with E-state index in [0.717, 1.165) is 12.3 Å². The molecule has 0 unspecified atom stereocenters. The van der Waals surface area contributed by atoms with Gasteiger partial charge < -0.3 is 10.2 Å². The third kappa shape index (κ3) is 4.85. The number of nitrogens with zero attached hydrogens (tertiary/aromatic N) is 6. The average Bonchev–Trinajstić information content (AvgIpc) is 3.24. The number of halogens is 3. The number of aryl methyl sites for hydroxylation is 1. The number of aromatic nitrogens is 5. The van der Waals surface area contributed by atoms with Gasteiger partial charge >= 0.3 is 6.18 Å². The molecular weight excluding hydrogens is 443 g/mol. The van der Waals surface area contributed by atoms with Crippen molar-refractivity contribution in [1.29, 1.82) is 0 Å². The van der Waals surface area contributed by atoms with Crippen LogP contribution >= 0.6 is 11.3 Å². The van der Waals surface area contributed by atoms with Gasteiger partial charge in [-0.15, -0.1) is 11.3 Å². The fourth-order valence-electron chi connectivity index (χ4n) is 3.41. The molecule has 3 aromatic rings. The maximum absolute atomic E-state index is 12.9. The van der Waals surface area contributed by atoms with Crippen LogP contribution in [0.15, 0.2) is 30.7 Å². The number of amides is 1. The number of hydrogen-bond donors (Lipinski definition) is 1. The first kappa shape index (κ1) is 22.1. The maximum Gasteiger partial charge on any atom is 0.433 e. The third-order valence-electron chi connectivity index (χ3n) is 5.04. The monoisotopic (exact) mass is 463 g/mol. The Hall–Kier alpha value is -3.15. The Kier molecular flexibility index (Phi) is 6.31. The number of carbonyl (C=O) groups is 1. The zero-order chi connectivity index (χ0) is 22.7. The molecule has 1 saturated heterocycles. The van der Waals surface area contributed by atoms with Crippen molar-refractivity contribution in [3.63, 3.8) is 0 Å². The van der Waals surface area contributed by atoms with Gasteiger partial charge in [0.1, 0.15) is 10.6 Å². The van der Waals surface area contributed by atoms with Crippen molar-refractivity contribution in [1.82, 2.24) is 30.2 Å². The van der Waals surface area contributed by atoms with Crippen molar-refractivity contribution in [2.75, 3.05) is 18.0 Å². The lowest BCUT2D eigenvalue weighted by Gasteiger charge is -2.32. The van der Waals surface area contributed by atoms with E-state index >= 15 is 0 Å². The second kappa shape index (κ2) is 9.15.